The van der Waals surface area contributed by atoms with Gasteiger partial charge >= 0.3 is 0 Å². The smallest absolute Gasteiger partial charge is 0.258 e. The lowest BCUT2D eigenvalue weighted by molar-refractivity contribution is -0.121. The number of nitrogens with one attached hydrogen (secondary N) is 1. The van der Waals surface area contributed by atoms with Crippen molar-refractivity contribution in [3.63, 3.8) is 0 Å². The average Bonchev–Trinajstić information content (AvgIpc) is 2.61. The van der Waals surface area contributed by atoms with Gasteiger partial charge < -0.3 is 19.1 Å². The minimum atomic E-state index is -0.170. The van der Waals surface area contributed by atoms with E-state index in [1.165, 1.54) is 6.08 Å². The number of rotatable bonds is 6. The summed E-state index contributed by atoms with van der Waals surface area (Å²) in [4.78, 5) is 14.3. The Labute approximate surface area is 142 Å². The number of carbonyl (C=O) groups excluding carboxylic acids is 1. The predicted octanol–water partition coefficient (Wildman–Crippen LogP) is 1.00. The molecule has 0 radical (unpaired) electrons. The summed E-state index contributed by atoms with van der Waals surface area (Å²) >= 11 is 0. The molecular formula is C17H25N3O4. The second kappa shape index (κ2) is 8.56. The molecule has 2 rings (SSSR count). The number of hydrogen-bond acceptors (Lipinski definition) is 6. The Morgan fingerprint density at radius 3 is 2.17 bits per heavy atom. The van der Waals surface area contributed by atoms with Crippen LogP contribution in [0.4, 0.5) is 0 Å². The minimum Gasteiger partial charge on any atom is -0.496 e. The molecule has 7 nitrogen and oxygen atoms in total. The van der Waals surface area contributed by atoms with Crippen molar-refractivity contribution in [1.29, 1.82) is 0 Å². The van der Waals surface area contributed by atoms with Crippen molar-refractivity contribution >= 4 is 12.0 Å². The molecule has 0 saturated carbocycles. The van der Waals surface area contributed by atoms with Crippen molar-refractivity contribution in [1.82, 2.24) is 15.3 Å². The number of nitrogens with zero attached hydrogens (tertiary/aromatic N) is 2. The van der Waals surface area contributed by atoms with Gasteiger partial charge in [-0.05, 0) is 19.2 Å². The van der Waals surface area contributed by atoms with Gasteiger partial charge in [-0.2, -0.15) is 0 Å². The minimum absolute atomic E-state index is 0.170. The van der Waals surface area contributed by atoms with E-state index >= 15 is 0 Å². The average molecular weight is 335 g/mol. The number of ether oxygens (including phenoxy) is 3. The van der Waals surface area contributed by atoms with Crippen molar-refractivity contribution < 1.29 is 19.0 Å². The van der Waals surface area contributed by atoms with Crippen molar-refractivity contribution in [2.75, 3.05) is 54.6 Å². The standard InChI is InChI=1S/C17H25N3O4/c1-19-7-9-20(10-8-19)18-17(21)6-5-13-11-15(23-3)16(24-4)12-14(13)22-2/h5-6,11-12H,7-10H2,1-4H3,(H,18,21)/b6-5+. The van der Waals surface area contributed by atoms with E-state index in [1.807, 2.05) is 5.01 Å². The topological polar surface area (TPSA) is 63.3 Å². The van der Waals surface area contributed by atoms with E-state index in [9.17, 15) is 4.79 Å². The zero-order valence-corrected chi connectivity index (χ0v) is 14.7. The summed E-state index contributed by atoms with van der Waals surface area (Å²) in [5.41, 5.74) is 3.62. The highest BCUT2D eigenvalue weighted by Crippen LogP contribution is 2.35. The molecule has 7 heteroatoms. The zero-order valence-electron chi connectivity index (χ0n) is 14.7. The van der Waals surface area contributed by atoms with Gasteiger partial charge in [0.25, 0.3) is 5.91 Å². The molecule has 1 aromatic carbocycles. The van der Waals surface area contributed by atoms with Gasteiger partial charge in [-0.1, -0.05) is 0 Å². The second-order valence-electron chi connectivity index (χ2n) is 5.55. The van der Waals surface area contributed by atoms with Crippen LogP contribution in [-0.4, -0.2) is 70.4 Å². The molecule has 1 aliphatic heterocycles. The van der Waals surface area contributed by atoms with E-state index < -0.39 is 0 Å². The number of likely N-dealkylation sites (N-methyl/N-ethyl adjacent to an activating group) is 1. The molecule has 1 N–H and O–H groups in total. The van der Waals surface area contributed by atoms with Crippen LogP contribution in [0.15, 0.2) is 18.2 Å². The van der Waals surface area contributed by atoms with Crippen LogP contribution < -0.4 is 19.6 Å². The molecule has 0 bridgehead atoms. The van der Waals surface area contributed by atoms with E-state index in [0.717, 1.165) is 31.7 Å². The van der Waals surface area contributed by atoms with E-state index in [4.69, 9.17) is 14.2 Å². The Kier molecular flexibility index (Phi) is 6.45. The first kappa shape index (κ1) is 18.1. The van der Waals surface area contributed by atoms with Crippen LogP contribution in [0, 0.1) is 0 Å². The molecule has 1 fully saturated rings. The molecule has 1 heterocycles. The third-order valence-corrected chi connectivity index (χ3v) is 3.92. The number of carbonyl (C=O) groups is 1. The lowest BCUT2D eigenvalue weighted by atomic mass is 10.1. The van der Waals surface area contributed by atoms with Crippen LogP contribution in [-0.2, 0) is 4.79 Å². The van der Waals surface area contributed by atoms with Crippen LogP contribution in [0.5, 0.6) is 17.2 Å². The van der Waals surface area contributed by atoms with E-state index in [-0.39, 0.29) is 5.91 Å². The van der Waals surface area contributed by atoms with Crippen molar-refractivity contribution in [3.8, 4) is 17.2 Å². The van der Waals surface area contributed by atoms with Gasteiger partial charge in [0, 0.05) is 43.9 Å². The predicted molar refractivity (Wildman–Crippen MR) is 92.3 cm³/mol. The third kappa shape index (κ3) is 4.62. The highest BCUT2D eigenvalue weighted by atomic mass is 16.5. The fourth-order valence-electron chi connectivity index (χ4n) is 2.46. The molecule has 0 aromatic heterocycles. The number of hydrazine groups is 1. The van der Waals surface area contributed by atoms with Crippen LogP contribution in [0.1, 0.15) is 5.56 Å². The maximum Gasteiger partial charge on any atom is 0.258 e. The Hall–Kier alpha value is -2.25. The fraction of sp³-hybridized carbons (Fsp3) is 0.471. The largest absolute Gasteiger partial charge is 0.496 e. The van der Waals surface area contributed by atoms with Gasteiger partial charge in [0.15, 0.2) is 11.5 Å². The Morgan fingerprint density at radius 2 is 1.58 bits per heavy atom. The van der Waals surface area contributed by atoms with Crippen molar-refractivity contribution in [3.05, 3.63) is 23.8 Å². The molecule has 1 aliphatic rings. The van der Waals surface area contributed by atoms with Gasteiger partial charge in [-0.15, -0.1) is 0 Å². The van der Waals surface area contributed by atoms with Crippen LogP contribution in [0.25, 0.3) is 6.08 Å². The highest BCUT2D eigenvalue weighted by Gasteiger charge is 2.15. The zero-order chi connectivity index (χ0) is 17.5. The Morgan fingerprint density at radius 1 is 1.00 bits per heavy atom. The third-order valence-electron chi connectivity index (χ3n) is 3.92. The molecule has 0 aliphatic carbocycles. The van der Waals surface area contributed by atoms with Crippen molar-refractivity contribution in [2.24, 2.45) is 0 Å². The van der Waals surface area contributed by atoms with E-state index in [1.54, 1.807) is 39.5 Å². The Bertz CT molecular complexity index is 596. The second-order valence-corrected chi connectivity index (χ2v) is 5.55. The lowest BCUT2D eigenvalue weighted by Gasteiger charge is -2.31. The molecule has 24 heavy (non-hydrogen) atoms. The number of hydrogen-bond donors (Lipinski definition) is 1. The van der Waals surface area contributed by atoms with Gasteiger partial charge in [-0.3, -0.25) is 10.2 Å². The maximum atomic E-state index is 12.1. The molecule has 0 spiro atoms. The summed E-state index contributed by atoms with van der Waals surface area (Å²) in [6.07, 6.45) is 3.19. The van der Waals surface area contributed by atoms with Gasteiger partial charge in [0.05, 0.1) is 21.3 Å². The summed E-state index contributed by atoms with van der Waals surface area (Å²) < 4.78 is 15.9. The molecule has 1 aromatic rings. The lowest BCUT2D eigenvalue weighted by Crippen LogP contribution is -2.52. The quantitative estimate of drug-likeness (QED) is 0.783. The first-order valence-corrected chi connectivity index (χ1v) is 7.79. The molecule has 1 saturated heterocycles. The van der Waals surface area contributed by atoms with Crippen LogP contribution in [0.3, 0.4) is 0 Å². The molecule has 1 amide bonds. The molecule has 0 unspecified atom stereocenters. The first-order chi connectivity index (χ1) is 11.6. The summed E-state index contributed by atoms with van der Waals surface area (Å²) in [7, 11) is 6.78. The summed E-state index contributed by atoms with van der Waals surface area (Å²) in [6, 6.07) is 3.51. The highest BCUT2D eigenvalue weighted by molar-refractivity contribution is 5.92. The van der Waals surface area contributed by atoms with Gasteiger partial charge in [0.2, 0.25) is 0 Å². The summed E-state index contributed by atoms with van der Waals surface area (Å²) in [5, 5.41) is 1.93. The number of amides is 1. The normalized spacial score (nSPS) is 16.2. The monoisotopic (exact) mass is 335 g/mol. The van der Waals surface area contributed by atoms with Crippen molar-refractivity contribution in [2.45, 2.75) is 0 Å². The number of piperazine rings is 1. The molecule has 0 atom stereocenters. The Balaban J connectivity index is 2.05. The fourth-order valence-corrected chi connectivity index (χ4v) is 2.46. The van der Waals surface area contributed by atoms with Crippen LogP contribution >= 0.6 is 0 Å². The summed E-state index contributed by atoms with van der Waals surface area (Å²) in [6.45, 7) is 3.51. The van der Waals surface area contributed by atoms with Gasteiger partial charge in [0.1, 0.15) is 5.75 Å². The first-order valence-electron chi connectivity index (χ1n) is 7.79. The summed E-state index contributed by atoms with van der Waals surface area (Å²) in [5.74, 6) is 1.60. The molecular weight excluding hydrogens is 310 g/mol. The number of methoxy groups -OCH3 is 3. The maximum absolute atomic E-state index is 12.1. The molecule has 132 valence electrons. The van der Waals surface area contributed by atoms with Crippen LogP contribution in [0.2, 0.25) is 0 Å². The van der Waals surface area contributed by atoms with Gasteiger partial charge in [-0.25, -0.2) is 5.01 Å². The number of benzene rings is 1. The van der Waals surface area contributed by atoms with E-state index in [2.05, 4.69) is 17.4 Å². The van der Waals surface area contributed by atoms with E-state index in [0.29, 0.717) is 17.2 Å². The SMILES string of the molecule is COc1cc(OC)c(OC)cc1/C=C/C(=O)NN1CCN(C)CC1.